The van der Waals surface area contributed by atoms with Gasteiger partial charge in [-0.2, -0.15) is 0 Å². The number of amides is 1. The van der Waals surface area contributed by atoms with Crippen LogP contribution in [0, 0.1) is 0 Å². The van der Waals surface area contributed by atoms with Gasteiger partial charge in [0.2, 0.25) is 5.91 Å². The van der Waals surface area contributed by atoms with Crippen LogP contribution in [0.3, 0.4) is 0 Å². The van der Waals surface area contributed by atoms with Crippen LogP contribution < -0.4 is 5.32 Å². The van der Waals surface area contributed by atoms with Gasteiger partial charge in [-0.1, -0.05) is 220 Å². The van der Waals surface area contributed by atoms with E-state index in [0.29, 0.717) is 26.1 Å². The van der Waals surface area contributed by atoms with Crippen LogP contribution >= 0.6 is 0 Å². The van der Waals surface area contributed by atoms with E-state index in [1.165, 1.54) is 77.0 Å². The Bertz CT molecular complexity index is 1630. The molecule has 0 spiro atoms. The van der Waals surface area contributed by atoms with Gasteiger partial charge in [0.15, 0.2) is 12.4 Å². The van der Waals surface area contributed by atoms with Gasteiger partial charge in [-0.05, 0) is 29.5 Å². The predicted octanol–water partition coefficient (Wildman–Crippen LogP) is 11.5. The lowest BCUT2D eigenvalue weighted by atomic mass is 9.96. The third kappa shape index (κ3) is 22.6. The summed E-state index contributed by atoms with van der Waals surface area (Å²) in [5, 5.41) is 25.1. The fourth-order valence-electron chi connectivity index (χ4n) is 8.52. The number of rotatable bonds is 36. The Labute approximate surface area is 391 Å². The Kier molecular flexibility index (Phi) is 28.0. The molecule has 1 aliphatic heterocycles. The summed E-state index contributed by atoms with van der Waals surface area (Å²) in [7, 11) is 0. The van der Waals surface area contributed by atoms with Gasteiger partial charge in [-0.3, -0.25) is 9.59 Å². The summed E-state index contributed by atoms with van der Waals surface area (Å²) in [5.74, 6) is -0.914. The molecular formula is C55H83NO9. The van der Waals surface area contributed by atoms with E-state index < -0.39 is 49.3 Å². The van der Waals surface area contributed by atoms with Gasteiger partial charge >= 0.3 is 5.97 Å². The molecule has 3 N–H and O–H groups in total. The second kappa shape index (κ2) is 33.8. The van der Waals surface area contributed by atoms with E-state index in [4.69, 9.17) is 23.7 Å². The van der Waals surface area contributed by atoms with Crippen LogP contribution in [0.15, 0.2) is 91.0 Å². The SMILES string of the molecule is CCCCCCCCCCCC(CC(=O)NC1C(OCc2ccccc2)OC(CO)C(O)C1OC(=O)CC(CCCCCCCCCCC)OCc1ccccc1)OCc1ccccc1. The standard InChI is InChI=1S/C55H83NO9/c1-3-5-7-9-11-13-15-17-28-36-47(61-41-44-30-22-19-23-31-44)38-50(58)56-52-54(53(60)49(40-57)64-55(52)63-43-46-34-26-21-27-35-46)65-51(59)39-48(62-42-45-32-24-20-25-33-45)37-29-18-16-14-12-10-8-6-4-2/h19-27,30-35,47-49,52-55,57,60H,3-18,28-29,36-43H2,1-2H3,(H,56,58). The molecule has 1 amide bonds. The summed E-state index contributed by atoms with van der Waals surface area (Å²) in [5.41, 5.74) is 2.90. The van der Waals surface area contributed by atoms with E-state index in [0.717, 1.165) is 55.2 Å². The molecule has 1 heterocycles. The van der Waals surface area contributed by atoms with Gasteiger partial charge in [-0.15, -0.1) is 0 Å². The lowest BCUT2D eigenvalue weighted by Gasteiger charge is -2.44. The molecule has 3 aromatic rings. The first-order chi connectivity index (χ1) is 31.9. The minimum absolute atomic E-state index is 0.0396. The summed E-state index contributed by atoms with van der Waals surface area (Å²) in [6.45, 7) is 4.77. The van der Waals surface area contributed by atoms with Crippen molar-refractivity contribution >= 4 is 11.9 Å². The van der Waals surface area contributed by atoms with Crippen LogP contribution in [0.5, 0.6) is 0 Å². The molecule has 0 bridgehead atoms. The highest BCUT2D eigenvalue weighted by atomic mass is 16.7. The highest BCUT2D eigenvalue weighted by Gasteiger charge is 2.49. The number of esters is 1. The third-order valence-electron chi connectivity index (χ3n) is 12.4. The second-order valence-electron chi connectivity index (χ2n) is 18.0. The predicted molar refractivity (Wildman–Crippen MR) is 258 cm³/mol. The molecule has 1 aliphatic rings. The van der Waals surface area contributed by atoms with Gasteiger partial charge in [0, 0.05) is 0 Å². The average Bonchev–Trinajstić information content (AvgIpc) is 3.33. The smallest absolute Gasteiger partial charge is 0.308 e. The normalized spacial score (nSPS) is 19.4. The summed E-state index contributed by atoms with van der Waals surface area (Å²) in [4.78, 5) is 28.2. The van der Waals surface area contributed by atoms with Gasteiger partial charge in [-0.25, -0.2) is 0 Å². The van der Waals surface area contributed by atoms with E-state index in [1.807, 2.05) is 91.0 Å². The van der Waals surface area contributed by atoms with Gasteiger partial charge in [0.25, 0.3) is 0 Å². The molecule has 10 nitrogen and oxygen atoms in total. The van der Waals surface area contributed by atoms with Crippen LogP contribution in [-0.4, -0.2) is 71.5 Å². The topological polar surface area (TPSA) is 133 Å². The van der Waals surface area contributed by atoms with Crippen molar-refractivity contribution in [2.75, 3.05) is 6.61 Å². The maximum atomic E-state index is 14.2. The number of carbonyl (C=O) groups is 2. The van der Waals surface area contributed by atoms with E-state index >= 15 is 0 Å². The Morgan fingerprint density at radius 3 is 1.45 bits per heavy atom. The van der Waals surface area contributed by atoms with Crippen molar-refractivity contribution in [3.8, 4) is 0 Å². The first-order valence-electron chi connectivity index (χ1n) is 25.3. The molecule has 0 aromatic heterocycles. The van der Waals surface area contributed by atoms with Crippen LogP contribution in [0.2, 0.25) is 0 Å². The number of carbonyl (C=O) groups excluding carboxylic acids is 2. The zero-order chi connectivity index (χ0) is 46.2. The summed E-state index contributed by atoms with van der Waals surface area (Å²) in [6, 6.07) is 28.3. The van der Waals surface area contributed by atoms with Gasteiger partial charge < -0.3 is 39.2 Å². The number of benzene rings is 3. The van der Waals surface area contributed by atoms with Gasteiger partial charge in [0.1, 0.15) is 18.2 Å². The highest BCUT2D eigenvalue weighted by molar-refractivity contribution is 5.77. The van der Waals surface area contributed by atoms with E-state index in [2.05, 4.69) is 19.2 Å². The third-order valence-corrected chi connectivity index (χ3v) is 12.4. The molecule has 10 heteroatoms. The first kappa shape index (κ1) is 54.0. The van der Waals surface area contributed by atoms with Crippen molar-refractivity contribution in [1.82, 2.24) is 5.32 Å². The minimum Gasteiger partial charge on any atom is -0.457 e. The molecular weight excluding hydrogens is 819 g/mol. The van der Waals surface area contributed by atoms with Crippen molar-refractivity contribution in [1.29, 1.82) is 0 Å². The lowest BCUT2D eigenvalue weighted by Crippen LogP contribution is -2.66. The lowest BCUT2D eigenvalue weighted by molar-refractivity contribution is -0.277. The first-order valence-corrected chi connectivity index (χ1v) is 25.3. The van der Waals surface area contributed by atoms with Crippen molar-refractivity contribution in [2.24, 2.45) is 0 Å². The number of ether oxygens (including phenoxy) is 5. The van der Waals surface area contributed by atoms with Crippen LogP contribution in [0.25, 0.3) is 0 Å². The molecule has 0 radical (unpaired) electrons. The van der Waals surface area contributed by atoms with E-state index in [1.54, 1.807) is 0 Å². The molecule has 362 valence electrons. The van der Waals surface area contributed by atoms with Crippen LogP contribution in [0.1, 0.15) is 172 Å². The number of aliphatic hydroxyl groups is 2. The molecule has 1 fully saturated rings. The van der Waals surface area contributed by atoms with Gasteiger partial charge in [0.05, 0.1) is 51.5 Å². The number of nitrogens with one attached hydrogen (secondary N) is 1. The Morgan fingerprint density at radius 1 is 0.585 bits per heavy atom. The summed E-state index contributed by atoms with van der Waals surface area (Å²) in [6.07, 6.45) is 17.0. The molecule has 65 heavy (non-hydrogen) atoms. The Morgan fingerprint density at radius 2 is 1.00 bits per heavy atom. The molecule has 1 saturated heterocycles. The second-order valence-corrected chi connectivity index (χ2v) is 18.0. The number of hydrogen-bond acceptors (Lipinski definition) is 9. The van der Waals surface area contributed by atoms with Crippen molar-refractivity contribution in [3.05, 3.63) is 108 Å². The number of aliphatic hydroxyl groups excluding tert-OH is 2. The minimum atomic E-state index is -1.45. The highest BCUT2D eigenvalue weighted by Crippen LogP contribution is 2.28. The molecule has 0 saturated carbocycles. The fraction of sp³-hybridized carbons (Fsp3) is 0.636. The number of unbranched alkanes of at least 4 members (excludes halogenated alkanes) is 16. The Hall–Kier alpha value is -3.64. The molecule has 7 unspecified atom stereocenters. The quantitative estimate of drug-likeness (QED) is 0.0385. The van der Waals surface area contributed by atoms with Crippen molar-refractivity contribution < 1.29 is 43.5 Å². The van der Waals surface area contributed by atoms with E-state index in [9.17, 15) is 19.8 Å². The van der Waals surface area contributed by atoms with Crippen molar-refractivity contribution in [2.45, 2.75) is 218 Å². The van der Waals surface area contributed by atoms with Crippen LogP contribution in [0.4, 0.5) is 0 Å². The maximum absolute atomic E-state index is 14.2. The molecule has 4 rings (SSSR count). The Balaban J connectivity index is 1.46. The number of hydrogen-bond donors (Lipinski definition) is 3. The molecule has 3 aromatic carbocycles. The monoisotopic (exact) mass is 902 g/mol. The fourth-order valence-corrected chi connectivity index (χ4v) is 8.52. The zero-order valence-electron chi connectivity index (χ0n) is 39.8. The summed E-state index contributed by atoms with van der Waals surface area (Å²) < 4.78 is 31.4. The zero-order valence-corrected chi connectivity index (χ0v) is 39.8. The van der Waals surface area contributed by atoms with E-state index in [-0.39, 0.29) is 31.5 Å². The molecule has 0 aliphatic carbocycles. The van der Waals surface area contributed by atoms with Crippen molar-refractivity contribution in [3.63, 3.8) is 0 Å². The summed E-state index contributed by atoms with van der Waals surface area (Å²) >= 11 is 0. The van der Waals surface area contributed by atoms with Crippen LogP contribution in [-0.2, 0) is 53.1 Å². The largest absolute Gasteiger partial charge is 0.457 e. The average molecular weight is 902 g/mol. The maximum Gasteiger partial charge on any atom is 0.308 e. The molecule has 7 atom stereocenters.